The second-order valence-electron chi connectivity index (χ2n) is 5.87. The van der Waals surface area contributed by atoms with Crippen LogP contribution in [-0.2, 0) is 7.05 Å². The summed E-state index contributed by atoms with van der Waals surface area (Å²) in [6.07, 6.45) is 2.04. The summed E-state index contributed by atoms with van der Waals surface area (Å²) >= 11 is 0.0637. The van der Waals surface area contributed by atoms with E-state index in [1.54, 1.807) is 6.07 Å². The van der Waals surface area contributed by atoms with Gasteiger partial charge in [0, 0.05) is 0 Å². The van der Waals surface area contributed by atoms with Crippen LogP contribution in [0.2, 0.25) is 0 Å². The molecule has 0 N–H and O–H groups in total. The average molecular weight is 380 g/mol. The van der Waals surface area contributed by atoms with Crippen LogP contribution in [0.1, 0.15) is 11.1 Å². The Labute approximate surface area is 145 Å². The molecule has 116 valence electrons. The van der Waals surface area contributed by atoms with Gasteiger partial charge in [-0.2, -0.15) is 0 Å². The molecule has 0 spiro atoms. The number of aryl methyl sites for hydroxylation is 2. The van der Waals surface area contributed by atoms with Crippen molar-refractivity contribution in [1.82, 2.24) is 0 Å². The topological polar surface area (TPSA) is 27.7 Å². The van der Waals surface area contributed by atoms with Crippen molar-refractivity contribution in [3.8, 4) is 17.3 Å². The fourth-order valence-electron chi connectivity index (χ4n) is 3.14. The number of nitriles is 1. The fourth-order valence-corrected chi connectivity index (χ4v) is 5.94. The molecule has 0 amide bonds. The van der Waals surface area contributed by atoms with Gasteiger partial charge in [-0.05, 0) is 0 Å². The van der Waals surface area contributed by atoms with E-state index in [0.29, 0.717) is 0 Å². The van der Waals surface area contributed by atoms with E-state index in [0.717, 1.165) is 20.7 Å². The summed E-state index contributed by atoms with van der Waals surface area (Å²) in [6.45, 7) is 2.11. The van der Waals surface area contributed by atoms with Crippen LogP contribution in [0.5, 0.6) is 0 Å². The first kappa shape index (κ1) is 15.1. The molecular weight excluding hydrogens is 366 g/mol. The average Bonchev–Trinajstić information content (AvgIpc) is 2.92. The Kier molecular flexibility index (Phi) is 3.49. The molecule has 0 saturated heterocycles. The second-order valence-corrected chi connectivity index (χ2v) is 8.08. The van der Waals surface area contributed by atoms with E-state index < -0.39 is 5.82 Å². The third-order valence-electron chi connectivity index (χ3n) is 4.37. The third kappa shape index (κ3) is 2.17. The van der Waals surface area contributed by atoms with Crippen molar-refractivity contribution in [2.75, 3.05) is 0 Å². The fraction of sp³-hybridized carbons (Fsp3) is 0.100. The van der Waals surface area contributed by atoms with Gasteiger partial charge in [-0.3, -0.25) is 0 Å². The third-order valence-corrected chi connectivity index (χ3v) is 6.86. The molecule has 24 heavy (non-hydrogen) atoms. The molecule has 0 aliphatic rings. The molecule has 0 atom stereocenters. The Bertz CT molecular complexity index is 1150. The summed E-state index contributed by atoms with van der Waals surface area (Å²) in [5.41, 5.74) is 3.73. The minimum absolute atomic E-state index is 0.0637. The molecule has 0 bridgehead atoms. The van der Waals surface area contributed by atoms with Crippen LogP contribution in [-0.4, -0.2) is 14.5 Å². The number of aromatic nitrogens is 1. The second kappa shape index (κ2) is 5.56. The molecule has 0 radical (unpaired) electrons. The monoisotopic (exact) mass is 381 g/mol. The van der Waals surface area contributed by atoms with Crippen LogP contribution in [0.4, 0.5) is 4.39 Å². The van der Waals surface area contributed by atoms with E-state index in [1.165, 1.54) is 21.5 Å². The molecule has 0 aliphatic carbocycles. The van der Waals surface area contributed by atoms with Crippen molar-refractivity contribution >= 4 is 33.8 Å². The predicted molar refractivity (Wildman–Crippen MR) is 94.4 cm³/mol. The van der Waals surface area contributed by atoms with Crippen molar-refractivity contribution in [2.24, 2.45) is 7.05 Å². The van der Waals surface area contributed by atoms with Crippen LogP contribution in [0.15, 0.2) is 48.7 Å². The summed E-state index contributed by atoms with van der Waals surface area (Å²) in [7, 11) is 2.04. The van der Waals surface area contributed by atoms with Crippen LogP contribution < -0.4 is 4.57 Å². The summed E-state index contributed by atoms with van der Waals surface area (Å²) < 4.78 is 18.6. The molecule has 0 aliphatic heterocycles. The number of fused-ring (bicyclic) bond motifs is 3. The molecule has 0 unspecified atom stereocenters. The zero-order valence-electron chi connectivity index (χ0n) is 13.3. The van der Waals surface area contributed by atoms with E-state index in [2.05, 4.69) is 29.7 Å². The number of halogens is 1. The van der Waals surface area contributed by atoms with Gasteiger partial charge in [0.05, 0.1) is 0 Å². The number of benzene rings is 2. The summed E-state index contributed by atoms with van der Waals surface area (Å²) in [4.78, 5) is 0. The normalized spacial score (nSPS) is 11.1. The summed E-state index contributed by atoms with van der Waals surface area (Å²) in [5.74, 6) is -0.438. The molecule has 2 aromatic carbocycles. The van der Waals surface area contributed by atoms with E-state index in [-0.39, 0.29) is 20.1 Å². The van der Waals surface area contributed by atoms with Crippen LogP contribution in [0.3, 0.4) is 0 Å². The van der Waals surface area contributed by atoms with E-state index >= 15 is 0 Å². The molecule has 4 aromatic rings. The van der Waals surface area contributed by atoms with Crippen molar-refractivity contribution in [2.45, 2.75) is 6.92 Å². The molecule has 0 fully saturated rings. The van der Waals surface area contributed by atoms with Gasteiger partial charge in [-0.1, -0.05) is 0 Å². The van der Waals surface area contributed by atoms with Crippen LogP contribution >= 0.6 is 0 Å². The van der Waals surface area contributed by atoms with Gasteiger partial charge in [0.25, 0.3) is 0 Å². The number of hydrogen-bond donors (Lipinski definition) is 0. The van der Waals surface area contributed by atoms with E-state index in [4.69, 9.17) is 5.26 Å². The Morgan fingerprint density at radius 1 is 1.12 bits per heavy atom. The number of rotatable bonds is 1. The van der Waals surface area contributed by atoms with Crippen molar-refractivity contribution in [3.05, 3.63) is 65.6 Å². The van der Waals surface area contributed by atoms with Gasteiger partial charge < -0.3 is 0 Å². The van der Waals surface area contributed by atoms with Gasteiger partial charge in [0.2, 0.25) is 0 Å². The van der Waals surface area contributed by atoms with Crippen molar-refractivity contribution < 1.29 is 8.96 Å². The summed E-state index contributed by atoms with van der Waals surface area (Å²) in [5, 5.41) is 11.1. The number of pyridine rings is 1. The zero-order chi connectivity index (χ0) is 16.8. The molecule has 2 nitrogen and oxygen atoms in total. The predicted octanol–water partition coefficient (Wildman–Crippen LogP) is 3.86. The molecule has 2 heterocycles. The van der Waals surface area contributed by atoms with E-state index in [9.17, 15) is 4.39 Å². The van der Waals surface area contributed by atoms with Crippen LogP contribution in [0, 0.1) is 24.1 Å². The quantitative estimate of drug-likeness (QED) is 0.364. The Morgan fingerprint density at radius 2 is 1.96 bits per heavy atom. The molecule has 2 aromatic heterocycles. The Hall–Kier alpha value is -2.47. The maximum atomic E-state index is 14.1. The Morgan fingerprint density at radius 3 is 2.71 bits per heavy atom. The Balaban J connectivity index is 2.15. The van der Waals surface area contributed by atoms with Gasteiger partial charge in [0.15, 0.2) is 0 Å². The van der Waals surface area contributed by atoms with Crippen molar-refractivity contribution in [1.29, 1.82) is 5.26 Å². The molecule has 4 heteroatoms. The SMILES string of the molecule is Cc1ccc2c([se]c3cc(C#N)c(F)cc32)c1-c1cccc[n+]1C. The first-order chi connectivity index (χ1) is 11.6. The molecular formula is C20H14FN2Se+. The van der Waals surface area contributed by atoms with Gasteiger partial charge >= 0.3 is 145 Å². The van der Waals surface area contributed by atoms with Crippen molar-refractivity contribution in [3.63, 3.8) is 0 Å². The maximum absolute atomic E-state index is 14.1. The first-order valence-electron chi connectivity index (χ1n) is 7.60. The minimum atomic E-state index is -0.438. The van der Waals surface area contributed by atoms with Gasteiger partial charge in [-0.25, -0.2) is 0 Å². The van der Waals surface area contributed by atoms with Gasteiger partial charge in [-0.15, -0.1) is 0 Å². The zero-order valence-corrected chi connectivity index (χ0v) is 15.0. The first-order valence-corrected chi connectivity index (χ1v) is 9.32. The number of nitrogens with zero attached hydrogens (tertiary/aromatic N) is 2. The van der Waals surface area contributed by atoms with E-state index in [1.807, 2.05) is 31.4 Å². The molecule has 4 rings (SSSR count). The summed E-state index contributed by atoms with van der Waals surface area (Å²) in [6, 6.07) is 15.5. The molecule has 0 saturated carbocycles. The number of hydrogen-bond acceptors (Lipinski definition) is 1. The standard InChI is InChI=1S/C20H14FN2Se/c1-12-6-7-14-15-10-16(21)13(11-22)9-18(15)24-20(14)19(12)17-5-3-4-8-23(17)2/h3-10H,1-2H3/q+1. The van der Waals surface area contributed by atoms with Crippen LogP contribution in [0.25, 0.3) is 30.6 Å². The van der Waals surface area contributed by atoms with Gasteiger partial charge in [0.1, 0.15) is 0 Å².